The molecular weight excluding hydrogens is 280 g/mol. The van der Waals surface area contributed by atoms with E-state index in [-0.39, 0.29) is 5.91 Å². The molecule has 3 aromatic rings. The van der Waals surface area contributed by atoms with Gasteiger partial charge in [-0.2, -0.15) is 5.10 Å². The van der Waals surface area contributed by atoms with Crippen LogP contribution in [-0.2, 0) is 6.54 Å². The van der Waals surface area contributed by atoms with Crippen LogP contribution in [0.1, 0.15) is 28.9 Å². The fraction of sp³-hybridized carbons (Fsp3) is 0.188. The smallest absolute Gasteiger partial charge is 0.271 e. The molecule has 112 valence electrons. The van der Waals surface area contributed by atoms with Crippen molar-refractivity contribution < 1.29 is 9.21 Å². The number of benzene rings is 1. The summed E-state index contributed by atoms with van der Waals surface area (Å²) in [6, 6.07) is 8.95. The van der Waals surface area contributed by atoms with Crippen molar-refractivity contribution in [3.05, 3.63) is 53.7 Å². The zero-order valence-corrected chi connectivity index (χ0v) is 12.4. The van der Waals surface area contributed by atoms with Crippen molar-refractivity contribution in [3.8, 4) is 0 Å². The number of aromatic nitrogens is 2. The Hall–Kier alpha value is -2.89. The monoisotopic (exact) mass is 296 g/mol. The molecule has 0 atom stereocenters. The summed E-state index contributed by atoms with van der Waals surface area (Å²) in [6.07, 6.45) is 3.00. The minimum Gasteiger partial charge on any atom is -0.463 e. The summed E-state index contributed by atoms with van der Waals surface area (Å²) >= 11 is 0. The van der Waals surface area contributed by atoms with Crippen molar-refractivity contribution in [2.24, 2.45) is 5.10 Å². The first-order valence-electron chi connectivity index (χ1n) is 7.03. The highest BCUT2D eigenvalue weighted by Crippen LogP contribution is 2.17. The number of aryl methyl sites for hydroxylation is 2. The summed E-state index contributed by atoms with van der Waals surface area (Å²) in [7, 11) is 0. The van der Waals surface area contributed by atoms with Gasteiger partial charge in [0.2, 0.25) is 0 Å². The Morgan fingerprint density at radius 3 is 3.05 bits per heavy atom. The zero-order chi connectivity index (χ0) is 15.5. The number of nitrogens with one attached hydrogen (secondary N) is 1. The van der Waals surface area contributed by atoms with Crippen LogP contribution in [0.15, 0.2) is 46.1 Å². The van der Waals surface area contributed by atoms with Crippen LogP contribution in [0.5, 0.6) is 0 Å². The molecule has 0 bridgehead atoms. The molecule has 2 aromatic heterocycles. The second kappa shape index (κ2) is 5.85. The van der Waals surface area contributed by atoms with E-state index in [0.29, 0.717) is 11.3 Å². The summed E-state index contributed by atoms with van der Waals surface area (Å²) in [6.45, 7) is 4.87. The number of nitrogens with zero attached hydrogens (tertiary/aromatic N) is 3. The molecule has 0 spiro atoms. The minimum absolute atomic E-state index is 0.284. The third-order valence-electron chi connectivity index (χ3n) is 3.42. The molecule has 0 radical (unpaired) electrons. The van der Waals surface area contributed by atoms with Crippen LogP contribution < -0.4 is 5.43 Å². The molecule has 6 heteroatoms. The molecule has 1 N–H and O–H groups in total. The van der Waals surface area contributed by atoms with E-state index in [0.717, 1.165) is 23.4 Å². The lowest BCUT2D eigenvalue weighted by Crippen LogP contribution is -2.17. The highest BCUT2D eigenvalue weighted by atomic mass is 16.3. The molecular formula is C16H16N4O2. The van der Waals surface area contributed by atoms with Gasteiger partial charge in [-0.15, -0.1) is 0 Å². The normalized spacial score (nSPS) is 11.4. The highest BCUT2D eigenvalue weighted by Gasteiger charge is 2.10. The molecule has 0 fully saturated rings. The lowest BCUT2D eigenvalue weighted by molar-refractivity contribution is 0.0955. The van der Waals surface area contributed by atoms with Gasteiger partial charge in [0.15, 0.2) is 0 Å². The molecule has 22 heavy (non-hydrogen) atoms. The van der Waals surface area contributed by atoms with Crippen molar-refractivity contribution >= 4 is 23.2 Å². The van der Waals surface area contributed by atoms with Gasteiger partial charge in [0.1, 0.15) is 11.6 Å². The number of amides is 1. The number of imidazole rings is 1. The van der Waals surface area contributed by atoms with Gasteiger partial charge in [-0.05, 0) is 44.2 Å². The van der Waals surface area contributed by atoms with Gasteiger partial charge < -0.3 is 8.98 Å². The predicted octanol–water partition coefficient (Wildman–Crippen LogP) is 2.72. The largest absolute Gasteiger partial charge is 0.463 e. The van der Waals surface area contributed by atoms with E-state index < -0.39 is 0 Å². The van der Waals surface area contributed by atoms with Gasteiger partial charge in [-0.3, -0.25) is 4.79 Å². The quantitative estimate of drug-likeness (QED) is 0.594. The number of hydrazone groups is 1. The number of furan rings is 1. The van der Waals surface area contributed by atoms with E-state index in [2.05, 4.69) is 27.0 Å². The maximum absolute atomic E-state index is 12.1. The maximum Gasteiger partial charge on any atom is 0.271 e. The molecule has 6 nitrogen and oxygen atoms in total. The minimum atomic E-state index is -0.284. The summed E-state index contributed by atoms with van der Waals surface area (Å²) < 4.78 is 7.20. The van der Waals surface area contributed by atoms with Crippen LogP contribution in [0.2, 0.25) is 0 Å². The Balaban J connectivity index is 1.79. The van der Waals surface area contributed by atoms with Gasteiger partial charge in [-0.1, -0.05) is 0 Å². The first kappa shape index (κ1) is 14.1. The predicted molar refractivity (Wildman–Crippen MR) is 83.9 cm³/mol. The van der Waals surface area contributed by atoms with E-state index in [1.807, 2.05) is 13.0 Å². The maximum atomic E-state index is 12.1. The zero-order valence-electron chi connectivity index (χ0n) is 12.4. The molecule has 0 saturated heterocycles. The molecule has 1 amide bonds. The second-order valence-corrected chi connectivity index (χ2v) is 4.82. The Morgan fingerprint density at radius 1 is 1.45 bits per heavy atom. The highest BCUT2D eigenvalue weighted by molar-refractivity contribution is 5.97. The molecule has 0 aliphatic rings. The molecule has 0 aliphatic carbocycles. The van der Waals surface area contributed by atoms with Crippen LogP contribution in [0, 0.1) is 6.92 Å². The van der Waals surface area contributed by atoms with Crippen LogP contribution in [0.3, 0.4) is 0 Å². The summed E-state index contributed by atoms with van der Waals surface area (Å²) in [5.74, 6) is 1.23. The lowest BCUT2D eigenvalue weighted by Gasteiger charge is -2.02. The van der Waals surface area contributed by atoms with E-state index in [1.54, 1.807) is 30.5 Å². The fourth-order valence-corrected chi connectivity index (χ4v) is 2.37. The number of carbonyl (C=O) groups excluding carboxylic acids is 1. The Morgan fingerprint density at radius 2 is 2.32 bits per heavy atom. The second-order valence-electron chi connectivity index (χ2n) is 4.82. The number of fused-ring (bicyclic) bond motifs is 1. The average molecular weight is 296 g/mol. The van der Waals surface area contributed by atoms with Crippen LogP contribution in [0.4, 0.5) is 0 Å². The SMILES string of the molecule is CCn1c(C)nc2cc(C(=O)N/N=C/c3ccco3)ccc21. The molecule has 3 rings (SSSR count). The standard InChI is InChI=1S/C16H16N4O2/c1-3-20-11(2)18-14-9-12(6-7-15(14)20)16(21)19-17-10-13-5-4-8-22-13/h4-10H,3H2,1-2H3,(H,19,21)/b17-10+. The molecule has 2 heterocycles. The van der Waals surface area contributed by atoms with Gasteiger partial charge in [0.25, 0.3) is 5.91 Å². The lowest BCUT2D eigenvalue weighted by atomic mass is 10.2. The van der Waals surface area contributed by atoms with Crippen molar-refractivity contribution in [1.82, 2.24) is 15.0 Å². The Labute approximate surface area is 127 Å². The third-order valence-corrected chi connectivity index (χ3v) is 3.42. The number of hydrogen-bond donors (Lipinski definition) is 1. The van der Waals surface area contributed by atoms with E-state index >= 15 is 0 Å². The average Bonchev–Trinajstić information content (AvgIpc) is 3.12. The van der Waals surface area contributed by atoms with Crippen molar-refractivity contribution in [2.75, 3.05) is 0 Å². The Kier molecular flexibility index (Phi) is 3.74. The number of carbonyl (C=O) groups is 1. The topological polar surface area (TPSA) is 72.4 Å². The Bertz CT molecular complexity index is 831. The van der Waals surface area contributed by atoms with Gasteiger partial charge >= 0.3 is 0 Å². The first-order chi connectivity index (χ1) is 10.7. The third kappa shape index (κ3) is 2.63. The van der Waals surface area contributed by atoms with Crippen molar-refractivity contribution in [3.63, 3.8) is 0 Å². The van der Waals surface area contributed by atoms with Crippen LogP contribution >= 0.6 is 0 Å². The number of hydrogen-bond acceptors (Lipinski definition) is 4. The summed E-state index contributed by atoms with van der Waals surface area (Å²) in [5, 5.41) is 3.87. The summed E-state index contributed by atoms with van der Waals surface area (Å²) in [5.41, 5.74) is 4.82. The van der Waals surface area contributed by atoms with E-state index in [4.69, 9.17) is 4.42 Å². The van der Waals surface area contributed by atoms with Gasteiger partial charge in [0, 0.05) is 12.1 Å². The van der Waals surface area contributed by atoms with Gasteiger partial charge in [0.05, 0.1) is 23.5 Å². The molecule has 0 unspecified atom stereocenters. The van der Waals surface area contributed by atoms with Crippen molar-refractivity contribution in [1.29, 1.82) is 0 Å². The van der Waals surface area contributed by atoms with Gasteiger partial charge in [-0.25, -0.2) is 10.4 Å². The van der Waals surface area contributed by atoms with E-state index in [9.17, 15) is 4.79 Å². The van der Waals surface area contributed by atoms with E-state index in [1.165, 1.54) is 6.21 Å². The van der Waals surface area contributed by atoms with Crippen molar-refractivity contribution in [2.45, 2.75) is 20.4 Å². The summed E-state index contributed by atoms with van der Waals surface area (Å²) in [4.78, 5) is 16.6. The molecule has 0 aliphatic heterocycles. The number of rotatable bonds is 4. The fourth-order valence-electron chi connectivity index (χ4n) is 2.37. The first-order valence-corrected chi connectivity index (χ1v) is 7.03. The molecule has 1 aromatic carbocycles. The molecule has 0 saturated carbocycles. The van der Waals surface area contributed by atoms with Crippen LogP contribution in [0.25, 0.3) is 11.0 Å². The van der Waals surface area contributed by atoms with Crippen LogP contribution in [-0.4, -0.2) is 21.7 Å².